The third kappa shape index (κ3) is 14.3. The lowest BCUT2D eigenvalue weighted by atomic mass is 10.2. The number of thioether (sulfide) groups is 1. The van der Waals surface area contributed by atoms with Gasteiger partial charge in [-0.1, -0.05) is 48.5 Å². The fourth-order valence-corrected chi connectivity index (χ4v) is 6.23. The van der Waals surface area contributed by atoms with Gasteiger partial charge in [0, 0.05) is 41.9 Å². The zero-order chi connectivity index (χ0) is 40.2. The number of hydrogen-bond donors (Lipinski definition) is 7. The van der Waals surface area contributed by atoms with Crippen molar-refractivity contribution in [3.8, 4) is 11.5 Å². The van der Waals surface area contributed by atoms with E-state index in [0.29, 0.717) is 66.8 Å². The van der Waals surface area contributed by atoms with Gasteiger partial charge in [-0.2, -0.15) is 8.42 Å². The predicted octanol–water partition coefficient (Wildman–Crippen LogP) is 4.82. The summed E-state index contributed by atoms with van der Waals surface area (Å²) in [7, 11) is -4.28. The first-order chi connectivity index (χ1) is 27.1. The summed E-state index contributed by atoms with van der Waals surface area (Å²) in [5.74, 6) is 13.3. The summed E-state index contributed by atoms with van der Waals surface area (Å²) in [4.78, 5) is 36.6. The van der Waals surface area contributed by atoms with Crippen molar-refractivity contribution in [2.24, 2.45) is 16.7 Å². The maximum absolute atomic E-state index is 12.3. The molecule has 2 aromatic heterocycles. The molecular weight excluding hydrogens is 757 g/mol. The molecule has 9 N–H and O–H groups in total. The Balaban J connectivity index is 0.000000494. The molecule has 0 radical (unpaired) electrons. The Labute approximate surface area is 329 Å². The standard InChI is InChI=1S/C32H36N8O3S.C7H6O4S/c33-39-30(35-18-4-19-36-32(42)24-7-15-31(40-34)37-21-24)16-13-28-29(43-20-17-23-5-2-1-3-6-23)14-8-25(38-28)22-44-27-11-9-26(41)10-12-27;8-5-6-3-1-2-4-7(6)12(9,10)11/h1-3,5-16,21,41H,4,17-20,22,33-34H2,(H,35,39)(H,36,42)(H,37,40);1-5H,(H,9,10,11)/b16-13+;. The Bertz CT molecular complexity index is 2190. The molecule has 292 valence electrons. The van der Waals surface area contributed by atoms with E-state index in [1.54, 1.807) is 42.1 Å². The number of benzene rings is 3. The number of aliphatic imine (C=N–C) groups is 1. The Morgan fingerprint density at radius 3 is 2.36 bits per heavy atom. The number of anilines is 1. The molecule has 0 saturated heterocycles. The average molecular weight is 799 g/mol. The first-order valence-electron chi connectivity index (χ1n) is 17.1. The van der Waals surface area contributed by atoms with Crippen LogP contribution in [0.5, 0.6) is 11.5 Å². The van der Waals surface area contributed by atoms with Crippen LogP contribution in [0.2, 0.25) is 0 Å². The number of carbonyl (C=O) groups excluding carboxylic acids is 2. The zero-order valence-corrected chi connectivity index (χ0v) is 31.7. The van der Waals surface area contributed by atoms with Crippen molar-refractivity contribution in [1.82, 2.24) is 20.7 Å². The maximum atomic E-state index is 12.3. The number of amidine groups is 1. The van der Waals surface area contributed by atoms with Crippen LogP contribution < -0.4 is 32.6 Å². The highest BCUT2D eigenvalue weighted by Gasteiger charge is 2.13. The van der Waals surface area contributed by atoms with Gasteiger partial charge in [-0.05, 0) is 78.7 Å². The second kappa shape index (κ2) is 22.3. The van der Waals surface area contributed by atoms with Crippen molar-refractivity contribution >= 4 is 51.8 Å². The molecule has 56 heavy (non-hydrogen) atoms. The number of aromatic hydroxyl groups is 1. The van der Waals surface area contributed by atoms with Gasteiger partial charge in [-0.3, -0.25) is 19.1 Å². The van der Waals surface area contributed by atoms with E-state index in [0.717, 1.165) is 17.0 Å². The summed E-state index contributed by atoms with van der Waals surface area (Å²) in [5, 5.41) is 12.4. The smallest absolute Gasteiger partial charge is 0.295 e. The minimum absolute atomic E-state index is 0.0417. The highest BCUT2D eigenvalue weighted by Crippen LogP contribution is 2.26. The van der Waals surface area contributed by atoms with Crippen LogP contribution in [0.1, 0.15) is 44.1 Å². The summed E-state index contributed by atoms with van der Waals surface area (Å²) < 4.78 is 36.0. The number of aromatic nitrogens is 2. The molecule has 0 spiro atoms. The molecule has 17 heteroatoms. The Morgan fingerprint density at radius 1 is 0.946 bits per heavy atom. The minimum atomic E-state index is -4.28. The van der Waals surface area contributed by atoms with Gasteiger partial charge in [-0.25, -0.2) is 21.7 Å². The van der Waals surface area contributed by atoms with Gasteiger partial charge in [0.05, 0.1) is 17.9 Å². The predicted molar refractivity (Wildman–Crippen MR) is 217 cm³/mol. The monoisotopic (exact) mass is 798 g/mol. The number of carbonyl (C=O) groups is 2. The lowest BCUT2D eigenvalue weighted by molar-refractivity contribution is 0.0952. The summed E-state index contributed by atoms with van der Waals surface area (Å²) in [6.45, 7) is 1.37. The van der Waals surface area contributed by atoms with Gasteiger partial charge >= 0.3 is 0 Å². The van der Waals surface area contributed by atoms with Crippen LogP contribution in [-0.2, 0) is 22.3 Å². The Morgan fingerprint density at radius 2 is 1.70 bits per heavy atom. The average Bonchev–Trinajstić information content (AvgIpc) is 3.22. The van der Waals surface area contributed by atoms with Gasteiger partial charge in [-0.15, -0.1) is 11.8 Å². The summed E-state index contributed by atoms with van der Waals surface area (Å²) >= 11 is 1.62. The van der Waals surface area contributed by atoms with Crippen LogP contribution in [0.25, 0.3) is 6.08 Å². The van der Waals surface area contributed by atoms with E-state index in [1.165, 1.54) is 36.0 Å². The number of nitrogens with zero attached hydrogens (tertiary/aromatic N) is 3. The third-order valence-electron chi connectivity index (χ3n) is 7.61. The highest BCUT2D eigenvalue weighted by atomic mass is 32.2. The van der Waals surface area contributed by atoms with Crippen LogP contribution in [0.4, 0.5) is 5.82 Å². The second-order valence-corrected chi connectivity index (χ2v) is 14.1. The van der Waals surface area contributed by atoms with Crippen molar-refractivity contribution < 1.29 is 32.4 Å². The molecule has 0 fully saturated rings. The van der Waals surface area contributed by atoms with E-state index in [2.05, 4.69) is 38.3 Å². The van der Waals surface area contributed by atoms with E-state index in [4.69, 9.17) is 26.0 Å². The number of nitrogens with one attached hydrogen (secondary N) is 3. The minimum Gasteiger partial charge on any atom is -0.508 e. The van der Waals surface area contributed by atoms with Crippen LogP contribution >= 0.6 is 11.8 Å². The molecule has 0 atom stereocenters. The number of aldehydes is 1. The fraction of sp³-hybridized carbons (Fsp3) is 0.154. The van der Waals surface area contributed by atoms with E-state index >= 15 is 0 Å². The topological polar surface area (TPSA) is 244 Å². The lowest BCUT2D eigenvalue weighted by Crippen LogP contribution is -2.29. The number of phenols is 1. The highest BCUT2D eigenvalue weighted by molar-refractivity contribution is 7.98. The number of hydrogen-bond acceptors (Lipinski definition) is 13. The molecule has 0 bridgehead atoms. The molecule has 0 aliphatic heterocycles. The number of pyridine rings is 2. The summed E-state index contributed by atoms with van der Waals surface area (Å²) in [5.41, 5.74) is 8.16. The van der Waals surface area contributed by atoms with E-state index < -0.39 is 10.1 Å². The SMILES string of the molecule is NNC(/C=C/c1nc(CSc2ccc(O)cc2)ccc1OCCc1ccccc1)=NCCCNC(=O)c1ccc(NN)nc1.O=Cc1ccccc1S(=O)(=O)O. The number of ether oxygens (including phenoxy) is 1. The van der Waals surface area contributed by atoms with Crippen molar-refractivity contribution in [1.29, 1.82) is 0 Å². The lowest BCUT2D eigenvalue weighted by Gasteiger charge is -2.11. The number of amides is 1. The molecule has 1 amide bonds. The zero-order valence-electron chi connectivity index (χ0n) is 30.1. The number of hydrazine groups is 2. The number of nitrogens with two attached hydrogens (primary N) is 2. The van der Waals surface area contributed by atoms with Crippen LogP contribution in [0.3, 0.4) is 0 Å². The van der Waals surface area contributed by atoms with Gasteiger partial charge in [0.25, 0.3) is 16.0 Å². The normalized spacial score (nSPS) is 11.3. The Hall–Kier alpha value is -6.11. The fourth-order valence-electron chi connectivity index (χ4n) is 4.76. The molecule has 2 heterocycles. The van der Waals surface area contributed by atoms with Crippen molar-refractivity contribution in [2.45, 2.75) is 28.4 Å². The van der Waals surface area contributed by atoms with Crippen LogP contribution in [0, 0.1) is 0 Å². The van der Waals surface area contributed by atoms with Crippen LogP contribution in [-0.4, -0.2) is 65.8 Å². The van der Waals surface area contributed by atoms with Crippen molar-refractivity contribution in [2.75, 3.05) is 25.1 Å². The van der Waals surface area contributed by atoms with Gasteiger partial charge in [0.2, 0.25) is 0 Å². The number of nitrogen functional groups attached to an aromatic ring is 1. The van der Waals surface area contributed by atoms with Crippen LogP contribution in [0.15, 0.2) is 130 Å². The second-order valence-electron chi connectivity index (χ2n) is 11.6. The largest absolute Gasteiger partial charge is 0.508 e. The van der Waals surface area contributed by atoms with E-state index in [9.17, 15) is 23.1 Å². The first kappa shape index (κ1) is 42.6. The molecule has 15 nitrogen and oxygen atoms in total. The number of phenolic OH excluding ortho intramolecular Hbond substituents is 1. The third-order valence-corrected chi connectivity index (χ3v) is 9.58. The van der Waals surface area contributed by atoms with E-state index in [-0.39, 0.29) is 22.1 Å². The molecule has 0 saturated carbocycles. The molecule has 3 aromatic carbocycles. The maximum Gasteiger partial charge on any atom is 0.295 e. The quantitative estimate of drug-likeness (QED) is 0.00975. The molecule has 0 aliphatic rings. The van der Waals surface area contributed by atoms with Crippen molar-refractivity contribution in [3.63, 3.8) is 0 Å². The molecule has 0 unspecified atom stereocenters. The summed E-state index contributed by atoms with van der Waals surface area (Å²) in [6.07, 6.45) is 6.78. The van der Waals surface area contributed by atoms with Gasteiger partial charge in [0.15, 0.2) is 6.29 Å². The molecule has 5 rings (SSSR count). The molecule has 0 aliphatic carbocycles. The number of rotatable bonds is 17. The molecular formula is C39H42N8O7S2. The van der Waals surface area contributed by atoms with Crippen molar-refractivity contribution in [3.05, 3.63) is 143 Å². The summed E-state index contributed by atoms with van der Waals surface area (Å²) in [6, 6.07) is 29.8. The van der Waals surface area contributed by atoms with Gasteiger partial charge in [0.1, 0.15) is 33.7 Å². The van der Waals surface area contributed by atoms with E-state index in [1.807, 2.05) is 48.5 Å². The van der Waals surface area contributed by atoms with Gasteiger partial charge < -0.3 is 26.0 Å². The molecule has 5 aromatic rings. The Kier molecular flexibility index (Phi) is 17.0. The first-order valence-corrected chi connectivity index (χ1v) is 19.5.